The van der Waals surface area contributed by atoms with Gasteiger partial charge in [-0.3, -0.25) is 4.90 Å². The van der Waals surface area contributed by atoms with Gasteiger partial charge in [-0.05, 0) is 58.0 Å². The molecule has 0 aromatic rings. The summed E-state index contributed by atoms with van der Waals surface area (Å²) < 4.78 is 5.43. The molecule has 1 saturated heterocycles. The van der Waals surface area contributed by atoms with Crippen LogP contribution in [-0.2, 0) is 4.74 Å². The van der Waals surface area contributed by atoms with Gasteiger partial charge in [-0.2, -0.15) is 0 Å². The maximum absolute atomic E-state index is 5.43. The van der Waals surface area contributed by atoms with Crippen LogP contribution in [-0.4, -0.2) is 49.8 Å². The average Bonchev–Trinajstić information content (AvgIpc) is 2.32. The van der Waals surface area contributed by atoms with Crippen molar-refractivity contribution in [2.45, 2.75) is 66.0 Å². The van der Waals surface area contributed by atoms with Crippen molar-refractivity contribution < 1.29 is 4.74 Å². The van der Waals surface area contributed by atoms with Crippen LogP contribution in [0.25, 0.3) is 0 Å². The number of rotatable bonds is 5. The molecule has 0 aromatic heterocycles. The number of hydrogen-bond acceptors (Lipinski definition) is 3. The summed E-state index contributed by atoms with van der Waals surface area (Å²) in [7, 11) is 1.81. The Morgan fingerprint density at radius 1 is 1.10 bits per heavy atom. The molecule has 0 bridgehead atoms. The Hall–Kier alpha value is -0.120. The van der Waals surface area contributed by atoms with Gasteiger partial charge in [0, 0.05) is 25.2 Å². The van der Waals surface area contributed by atoms with Crippen LogP contribution < -0.4 is 5.32 Å². The Labute approximate surface area is 126 Å². The van der Waals surface area contributed by atoms with Gasteiger partial charge < -0.3 is 10.1 Å². The predicted octanol–water partition coefficient (Wildman–Crippen LogP) is 3.15. The zero-order valence-corrected chi connectivity index (χ0v) is 14.8. The molecule has 0 radical (unpaired) electrons. The highest BCUT2D eigenvalue weighted by atomic mass is 16.5. The van der Waals surface area contributed by atoms with Gasteiger partial charge in [0.25, 0.3) is 0 Å². The minimum absolute atomic E-state index is 0.176. The molecular formula is C17H36N2O. The molecule has 3 nitrogen and oxygen atoms in total. The third-order valence-electron chi connectivity index (χ3n) is 4.50. The minimum Gasteiger partial charge on any atom is -0.383 e. The van der Waals surface area contributed by atoms with Gasteiger partial charge in [0.15, 0.2) is 0 Å². The van der Waals surface area contributed by atoms with Crippen molar-refractivity contribution >= 4 is 0 Å². The van der Waals surface area contributed by atoms with Gasteiger partial charge in [-0.1, -0.05) is 20.8 Å². The zero-order chi connectivity index (χ0) is 15.4. The lowest BCUT2D eigenvalue weighted by atomic mass is 9.75. The van der Waals surface area contributed by atoms with Crippen molar-refractivity contribution in [1.29, 1.82) is 0 Å². The van der Waals surface area contributed by atoms with Crippen molar-refractivity contribution in [2.24, 2.45) is 11.3 Å². The number of hydrogen-bond donors (Lipinski definition) is 1. The van der Waals surface area contributed by atoms with Crippen molar-refractivity contribution in [3.05, 3.63) is 0 Å². The fourth-order valence-corrected chi connectivity index (χ4v) is 3.04. The first-order valence-corrected chi connectivity index (χ1v) is 8.11. The molecule has 20 heavy (non-hydrogen) atoms. The summed E-state index contributed by atoms with van der Waals surface area (Å²) in [6.45, 7) is 18.1. The van der Waals surface area contributed by atoms with E-state index in [9.17, 15) is 0 Å². The van der Waals surface area contributed by atoms with E-state index in [0.29, 0.717) is 11.5 Å². The number of nitrogens with one attached hydrogen (secondary N) is 1. The Kier molecular flexibility index (Phi) is 6.49. The molecular weight excluding hydrogens is 248 g/mol. The van der Waals surface area contributed by atoms with Crippen LogP contribution in [0.5, 0.6) is 0 Å². The molecule has 1 unspecified atom stereocenters. The second-order valence-electron chi connectivity index (χ2n) is 8.42. The molecule has 0 amide bonds. The first kappa shape index (κ1) is 17.9. The number of ether oxygens (including phenoxy) is 1. The molecule has 1 rings (SSSR count). The molecule has 1 N–H and O–H groups in total. The van der Waals surface area contributed by atoms with Crippen LogP contribution in [0.2, 0.25) is 0 Å². The number of piperidine rings is 1. The second kappa shape index (κ2) is 7.24. The average molecular weight is 284 g/mol. The van der Waals surface area contributed by atoms with Crippen molar-refractivity contribution in [1.82, 2.24) is 10.2 Å². The van der Waals surface area contributed by atoms with E-state index in [1.807, 2.05) is 7.11 Å². The Bertz CT molecular complexity index is 270. The van der Waals surface area contributed by atoms with E-state index < -0.39 is 0 Å². The fraction of sp³-hybridized carbons (Fsp3) is 1.00. The normalized spacial score (nSPS) is 21.1. The minimum atomic E-state index is 0.176. The van der Waals surface area contributed by atoms with Gasteiger partial charge in [-0.25, -0.2) is 0 Å². The van der Waals surface area contributed by atoms with Crippen molar-refractivity contribution in [3.8, 4) is 0 Å². The maximum atomic E-state index is 5.43. The summed E-state index contributed by atoms with van der Waals surface area (Å²) in [5, 5.41) is 3.62. The first-order valence-electron chi connectivity index (χ1n) is 8.11. The third-order valence-corrected chi connectivity index (χ3v) is 4.50. The van der Waals surface area contributed by atoms with Crippen LogP contribution in [0.15, 0.2) is 0 Å². The highest BCUT2D eigenvalue weighted by molar-refractivity contribution is 4.85. The Morgan fingerprint density at radius 3 is 2.05 bits per heavy atom. The van der Waals surface area contributed by atoms with Crippen LogP contribution in [0.4, 0.5) is 0 Å². The SMILES string of the molecule is COCC(CNC(C)(C)C)N1CCC(C(C)(C)C)CC1. The molecule has 1 fully saturated rings. The smallest absolute Gasteiger partial charge is 0.0630 e. The molecule has 0 aliphatic carbocycles. The largest absolute Gasteiger partial charge is 0.383 e. The maximum Gasteiger partial charge on any atom is 0.0630 e. The van der Waals surface area contributed by atoms with Gasteiger partial charge in [0.1, 0.15) is 0 Å². The van der Waals surface area contributed by atoms with E-state index in [1.165, 1.54) is 25.9 Å². The molecule has 0 saturated carbocycles. The molecule has 1 aliphatic rings. The zero-order valence-electron chi connectivity index (χ0n) is 14.8. The van der Waals surface area contributed by atoms with E-state index >= 15 is 0 Å². The molecule has 1 heterocycles. The third kappa shape index (κ3) is 6.11. The van der Waals surface area contributed by atoms with Crippen LogP contribution >= 0.6 is 0 Å². The monoisotopic (exact) mass is 284 g/mol. The summed E-state index contributed by atoms with van der Waals surface area (Å²) >= 11 is 0. The number of likely N-dealkylation sites (tertiary alicyclic amines) is 1. The van der Waals surface area contributed by atoms with Gasteiger partial charge in [0.05, 0.1) is 6.61 Å². The van der Waals surface area contributed by atoms with E-state index in [-0.39, 0.29) is 5.54 Å². The predicted molar refractivity (Wildman–Crippen MR) is 87.2 cm³/mol. The summed E-state index contributed by atoms with van der Waals surface area (Å²) in [5.41, 5.74) is 0.627. The summed E-state index contributed by atoms with van der Waals surface area (Å²) in [4.78, 5) is 2.62. The summed E-state index contributed by atoms with van der Waals surface area (Å²) in [6, 6.07) is 0.500. The molecule has 120 valence electrons. The van der Waals surface area contributed by atoms with Crippen molar-refractivity contribution in [2.75, 3.05) is 33.4 Å². The molecule has 1 atom stereocenters. The fourth-order valence-electron chi connectivity index (χ4n) is 3.04. The first-order chi connectivity index (χ1) is 9.13. The van der Waals surface area contributed by atoms with Crippen LogP contribution in [0.3, 0.4) is 0 Å². The Balaban J connectivity index is 2.49. The van der Waals surface area contributed by atoms with Crippen LogP contribution in [0.1, 0.15) is 54.4 Å². The second-order valence-corrected chi connectivity index (χ2v) is 8.42. The summed E-state index contributed by atoms with van der Waals surface area (Å²) in [5.74, 6) is 0.859. The molecule has 0 spiro atoms. The van der Waals surface area contributed by atoms with Gasteiger partial charge in [-0.15, -0.1) is 0 Å². The highest BCUT2D eigenvalue weighted by Gasteiger charge is 2.31. The number of methoxy groups -OCH3 is 1. The lowest BCUT2D eigenvalue weighted by molar-refractivity contribution is 0.0413. The lowest BCUT2D eigenvalue weighted by Crippen LogP contribution is -2.52. The van der Waals surface area contributed by atoms with E-state index in [0.717, 1.165) is 19.1 Å². The van der Waals surface area contributed by atoms with E-state index in [4.69, 9.17) is 4.74 Å². The molecule has 0 aromatic carbocycles. The van der Waals surface area contributed by atoms with E-state index in [2.05, 4.69) is 51.8 Å². The standard InChI is InChI=1S/C17H36N2O/c1-16(2,3)14-8-10-19(11-9-14)15(13-20-7)12-18-17(4,5)6/h14-15,18H,8-13H2,1-7H3. The van der Waals surface area contributed by atoms with Gasteiger partial charge in [0.2, 0.25) is 0 Å². The van der Waals surface area contributed by atoms with Gasteiger partial charge >= 0.3 is 0 Å². The van der Waals surface area contributed by atoms with Crippen LogP contribution in [0, 0.1) is 11.3 Å². The molecule has 1 aliphatic heterocycles. The summed E-state index contributed by atoms with van der Waals surface area (Å²) in [6.07, 6.45) is 2.64. The molecule has 3 heteroatoms. The lowest BCUT2D eigenvalue weighted by Gasteiger charge is -2.42. The van der Waals surface area contributed by atoms with Crippen molar-refractivity contribution in [3.63, 3.8) is 0 Å². The quantitative estimate of drug-likeness (QED) is 0.839. The topological polar surface area (TPSA) is 24.5 Å². The van der Waals surface area contributed by atoms with E-state index in [1.54, 1.807) is 0 Å². The number of nitrogens with zero attached hydrogens (tertiary/aromatic N) is 1. The Morgan fingerprint density at radius 2 is 1.65 bits per heavy atom. The highest BCUT2D eigenvalue weighted by Crippen LogP contribution is 2.34.